The molecule has 0 aliphatic rings. The summed E-state index contributed by atoms with van der Waals surface area (Å²) in [6.45, 7) is 0. The molecule has 0 aliphatic heterocycles. The van der Waals surface area contributed by atoms with Crippen LogP contribution in [0.4, 0.5) is 8.78 Å². The van der Waals surface area contributed by atoms with Crippen LogP contribution >= 0.6 is 15.9 Å². The van der Waals surface area contributed by atoms with Gasteiger partial charge >= 0.3 is 5.97 Å². The average Bonchev–Trinajstić information content (AvgIpc) is 2.28. The van der Waals surface area contributed by atoms with Gasteiger partial charge in [0, 0.05) is 22.7 Å². The lowest BCUT2D eigenvalue weighted by Crippen LogP contribution is -2.19. The Balaban J connectivity index is 3.33. The molecular formula is C10H10BrF2NO3. The monoisotopic (exact) mass is 309 g/mol. The van der Waals surface area contributed by atoms with E-state index >= 15 is 0 Å². The zero-order valence-corrected chi connectivity index (χ0v) is 10.5. The molecule has 0 saturated heterocycles. The number of carbonyl (C=O) groups is 1. The number of carbonyl (C=O) groups excluding carboxylic acids is 1. The molecule has 1 aromatic heterocycles. The highest BCUT2D eigenvalue weighted by Crippen LogP contribution is 2.24. The van der Waals surface area contributed by atoms with Gasteiger partial charge in [-0.05, 0) is 5.56 Å². The molecule has 94 valence electrons. The molecule has 7 heteroatoms. The quantitative estimate of drug-likeness (QED) is 0.683. The van der Waals surface area contributed by atoms with Crippen molar-refractivity contribution in [3.8, 4) is 0 Å². The third-order valence-electron chi connectivity index (χ3n) is 2.26. The molecule has 0 spiro atoms. The average molecular weight is 310 g/mol. The van der Waals surface area contributed by atoms with Crippen LogP contribution in [0.5, 0.6) is 0 Å². The van der Waals surface area contributed by atoms with Gasteiger partial charge in [-0.3, -0.25) is 9.59 Å². The fourth-order valence-corrected chi connectivity index (χ4v) is 1.98. The highest BCUT2D eigenvalue weighted by Gasteiger charge is 2.20. The summed E-state index contributed by atoms with van der Waals surface area (Å²) in [6.07, 6.45) is -2.18. The van der Waals surface area contributed by atoms with Gasteiger partial charge in [0.25, 0.3) is 12.0 Å². The van der Waals surface area contributed by atoms with Crippen molar-refractivity contribution in [2.24, 2.45) is 0 Å². The van der Waals surface area contributed by atoms with Crippen LogP contribution in [0.25, 0.3) is 0 Å². The van der Waals surface area contributed by atoms with Crippen molar-refractivity contribution >= 4 is 21.9 Å². The summed E-state index contributed by atoms with van der Waals surface area (Å²) in [5.74, 6) is -0.667. The predicted molar refractivity (Wildman–Crippen MR) is 60.4 cm³/mol. The minimum absolute atomic E-state index is 0.0208. The van der Waals surface area contributed by atoms with E-state index in [4.69, 9.17) is 0 Å². The lowest BCUT2D eigenvalue weighted by atomic mass is 10.0. The normalized spacial score (nSPS) is 10.6. The minimum Gasteiger partial charge on any atom is -0.469 e. The second kappa shape index (κ2) is 5.90. The smallest absolute Gasteiger partial charge is 0.310 e. The van der Waals surface area contributed by atoms with Gasteiger partial charge in [0.1, 0.15) is 0 Å². The number of esters is 1. The molecule has 0 aliphatic carbocycles. The molecule has 1 heterocycles. The number of nitrogens with one attached hydrogen (secondary N) is 1. The Morgan fingerprint density at radius 3 is 2.65 bits per heavy atom. The molecular weight excluding hydrogens is 300 g/mol. The molecule has 17 heavy (non-hydrogen) atoms. The molecule has 1 rings (SSSR count). The molecule has 0 amide bonds. The molecule has 4 nitrogen and oxygen atoms in total. The molecule has 0 saturated carbocycles. The summed E-state index contributed by atoms with van der Waals surface area (Å²) >= 11 is 3.04. The standard InChI is InChI=1S/C10H10BrF2NO3/c1-17-8(15)2-5-6(3-11)10(16)14-4-7(5)9(12)13/h4,9H,2-3H2,1H3,(H,14,16). The van der Waals surface area contributed by atoms with E-state index in [-0.39, 0.29) is 28.4 Å². The Kier molecular flexibility index (Phi) is 4.80. The van der Waals surface area contributed by atoms with Gasteiger partial charge in [-0.25, -0.2) is 8.78 Å². The van der Waals surface area contributed by atoms with Crippen LogP contribution in [0.1, 0.15) is 23.1 Å². The maximum absolute atomic E-state index is 12.7. The zero-order chi connectivity index (χ0) is 13.0. The Bertz CT molecular complexity index is 473. The maximum atomic E-state index is 12.7. The summed E-state index contributed by atoms with van der Waals surface area (Å²) in [6, 6.07) is 0. The maximum Gasteiger partial charge on any atom is 0.310 e. The van der Waals surface area contributed by atoms with Gasteiger partial charge in [0.2, 0.25) is 0 Å². The van der Waals surface area contributed by atoms with Gasteiger partial charge < -0.3 is 9.72 Å². The summed E-state index contributed by atoms with van der Waals surface area (Å²) in [4.78, 5) is 24.8. The van der Waals surface area contributed by atoms with Crippen molar-refractivity contribution in [1.82, 2.24) is 4.98 Å². The fraction of sp³-hybridized carbons (Fsp3) is 0.400. The van der Waals surface area contributed by atoms with Crippen LogP contribution in [0.2, 0.25) is 0 Å². The number of halogens is 3. The number of hydrogen-bond donors (Lipinski definition) is 1. The highest BCUT2D eigenvalue weighted by atomic mass is 79.9. The van der Waals surface area contributed by atoms with E-state index in [1.165, 1.54) is 0 Å². The van der Waals surface area contributed by atoms with Gasteiger partial charge in [0.05, 0.1) is 13.5 Å². The number of aromatic amines is 1. The van der Waals surface area contributed by atoms with E-state index in [2.05, 4.69) is 25.7 Å². The lowest BCUT2D eigenvalue weighted by molar-refractivity contribution is -0.139. The first-order valence-electron chi connectivity index (χ1n) is 4.65. The van der Waals surface area contributed by atoms with Crippen molar-refractivity contribution in [3.63, 3.8) is 0 Å². The van der Waals surface area contributed by atoms with E-state index in [0.29, 0.717) is 0 Å². The van der Waals surface area contributed by atoms with Crippen molar-refractivity contribution in [2.45, 2.75) is 18.2 Å². The summed E-state index contributed by atoms with van der Waals surface area (Å²) < 4.78 is 29.9. The number of ether oxygens (including phenoxy) is 1. The van der Waals surface area contributed by atoms with Crippen molar-refractivity contribution in [2.75, 3.05) is 7.11 Å². The van der Waals surface area contributed by atoms with Crippen molar-refractivity contribution in [3.05, 3.63) is 33.2 Å². The lowest BCUT2D eigenvalue weighted by Gasteiger charge is -2.11. The van der Waals surface area contributed by atoms with E-state index in [0.717, 1.165) is 13.3 Å². The minimum atomic E-state index is -2.76. The molecule has 1 aromatic rings. The number of H-pyrrole nitrogens is 1. The predicted octanol–water partition coefficient (Wildman–Crippen LogP) is 1.92. The van der Waals surface area contributed by atoms with Gasteiger partial charge in [-0.1, -0.05) is 15.9 Å². The molecule has 0 aromatic carbocycles. The third-order valence-corrected chi connectivity index (χ3v) is 2.82. The Morgan fingerprint density at radius 1 is 1.53 bits per heavy atom. The van der Waals surface area contributed by atoms with Gasteiger partial charge in [-0.2, -0.15) is 0 Å². The number of pyridine rings is 1. The van der Waals surface area contributed by atoms with Crippen LogP contribution in [0, 0.1) is 0 Å². The first-order chi connectivity index (χ1) is 8.01. The van der Waals surface area contributed by atoms with Crippen molar-refractivity contribution < 1.29 is 18.3 Å². The van der Waals surface area contributed by atoms with E-state index in [1.807, 2.05) is 0 Å². The summed E-state index contributed by atoms with van der Waals surface area (Å²) in [7, 11) is 1.16. The summed E-state index contributed by atoms with van der Waals surface area (Å²) in [5.41, 5.74) is -0.713. The molecule has 0 radical (unpaired) electrons. The zero-order valence-electron chi connectivity index (χ0n) is 8.93. The van der Waals surface area contributed by atoms with Crippen LogP contribution in [0.3, 0.4) is 0 Å². The Labute approximate surface area is 104 Å². The number of aromatic nitrogens is 1. The Morgan fingerprint density at radius 2 is 2.18 bits per heavy atom. The first kappa shape index (κ1) is 13.8. The molecule has 0 bridgehead atoms. The van der Waals surface area contributed by atoms with Crippen LogP contribution in [-0.2, 0) is 21.3 Å². The Hall–Kier alpha value is -1.24. The number of rotatable bonds is 4. The van der Waals surface area contributed by atoms with Gasteiger partial charge in [-0.15, -0.1) is 0 Å². The molecule has 0 atom stereocenters. The number of hydrogen-bond acceptors (Lipinski definition) is 3. The summed E-state index contributed by atoms with van der Waals surface area (Å²) in [5, 5.41) is 0.0925. The number of alkyl halides is 3. The fourth-order valence-electron chi connectivity index (χ4n) is 1.39. The highest BCUT2D eigenvalue weighted by molar-refractivity contribution is 9.08. The van der Waals surface area contributed by atoms with Crippen LogP contribution in [-0.4, -0.2) is 18.1 Å². The van der Waals surface area contributed by atoms with Gasteiger partial charge in [0.15, 0.2) is 0 Å². The van der Waals surface area contributed by atoms with E-state index < -0.39 is 18.0 Å². The molecule has 1 N–H and O–H groups in total. The van der Waals surface area contributed by atoms with E-state index in [9.17, 15) is 18.4 Å². The third kappa shape index (κ3) is 3.12. The first-order valence-corrected chi connectivity index (χ1v) is 5.77. The second-order valence-corrected chi connectivity index (χ2v) is 3.78. The number of methoxy groups -OCH3 is 1. The molecule has 0 unspecified atom stereocenters. The van der Waals surface area contributed by atoms with Crippen LogP contribution < -0.4 is 5.56 Å². The topological polar surface area (TPSA) is 59.2 Å². The molecule has 0 fully saturated rings. The largest absolute Gasteiger partial charge is 0.469 e. The SMILES string of the molecule is COC(=O)Cc1c(C(F)F)c[nH]c(=O)c1CBr. The van der Waals surface area contributed by atoms with Crippen molar-refractivity contribution in [1.29, 1.82) is 0 Å². The van der Waals surface area contributed by atoms with Crippen LogP contribution in [0.15, 0.2) is 11.0 Å². The van der Waals surface area contributed by atoms with E-state index in [1.54, 1.807) is 0 Å². The second-order valence-electron chi connectivity index (χ2n) is 3.22.